The molecule has 8 heteroatoms. The summed E-state index contributed by atoms with van der Waals surface area (Å²) in [6.07, 6.45) is -0.949. The van der Waals surface area contributed by atoms with Crippen LogP contribution >= 0.6 is 0 Å². The van der Waals surface area contributed by atoms with Gasteiger partial charge in [-0.05, 0) is 24.6 Å². The summed E-state index contributed by atoms with van der Waals surface area (Å²) >= 11 is 0. The van der Waals surface area contributed by atoms with E-state index in [9.17, 15) is 14.0 Å². The largest absolute Gasteiger partial charge is 0.360 e. The Morgan fingerprint density at radius 1 is 1.38 bits per heavy atom. The zero-order valence-electron chi connectivity index (χ0n) is 13.2. The van der Waals surface area contributed by atoms with Gasteiger partial charge in [-0.3, -0.25) is 9.59 Å². The highest BCUT2D eigenvalue weighted by molar-refractivity contribution is 5.95. The predicted molar refractivity (Wildman–Crippen MR) is 81.5 cm³/mol. The Balaban J connectivity index is 1.86. The average Bonchev–Trinajstić information content (AvgIpc) is 2.96. The van der Waals surface area contributed by atoms with Crippen LogP contribution in [0.4, 0.5) is 10.2 Å². The molecule has 126 valence electrons. The molecule has 7 nitrogen and oxygen atoms in total. The van der Waals surface area contributed by atoms with Crippen molar-refractivity contribution in [2.75, 3.05) is 19.0 Å². The van der Waals surface area contributed by atoms with Gasteiger partial charge in [0.2, 0.25) is 5.91 Å². The Bertz CT molecular complexity index is 759. The molecule has 0 saturated carbocycles. The van der Waals surface area contributed by atoms with Crippen molar-refractivity contribution in [2.45, 2.75) is 19.1 Å². The van der Waals surface area contributed by atoms with Crippen molar-refractivity contribution in [3.05, 3.63) is 47.5 Å². The second-order valence-electron chi connectivity index (χ2n) is 5.54. The van der Waals surface area contributed by atoms with Gasteiger partial charge in [0.1, 0.15) is 18.2 Å². The van der Waals surface area contributed by atoms with Gasteiger partial charge in [-0.15, -0.1) is 0 Å². The molecule has 1 aliphatic heterocycles. The van der Waals surface area contributed by atoms with E-state index in [0.29, 0.717) is 11.3 Å². The summed E-state index contributed by atoms with van der Waals surface area (Å²) in [5.41, 5.74) is 0.600. The first-order chi connectivity index (χ1) is 11.5. The second-order valence-corrected chi connectivity index (χ2v) is 5.54. The van der Waals surface area contributed by atoms with Crippen LogP contribution in [-0.2, 0) is 14.3 Å². The van der Waals surface area contributed by atoms with Crippen molar-refractivity contribution >= 4 is 17.6 Å². The van der Waals surface area contributed by atoms with Crippen LogP contribution in [0.15, 0.2) is 34.9 Å². The first-order valence-corrected chi connectivity index (χ1v) is 7.32. The topological polar surface area (TPSA) is 84.7 Å². The number of likely N-dealkylation sites (N-methyl/N-ethyl adjacent to an activating group) is 1. The normalized spacial score (nSPS) is 21.0. The Labute approximate surface area is 137 Å². The molecule has 2 aromatic rings. The maximum absolute atomic E-state index is 13.2. The second kappa shape index (κ2) is 6.40. The lowest BCUT2D eigenvalue weighted by Crippen LogP contribution is -2.51. The molecule has 1 aromatic heterocycles. The molecule has 2 atom stereocenters. The molecular formula is C16H16FN3O4. The molecule has 0 radical (unpaired) electrons. The highest BCUT2D eigenvalue weighted by Gasteiger charge is 2.40. The van der Waals surface area contributed by atoms with Gasteiger partial charge in [0.05, 0.1) is 6.04 Å². The van der Waals surface area contributed by atoms with Gasteiger partial charge >= 0.3 is 0 Å². The van der Waals surface area contributed by atoms with Gasteiger partial charge in [-0.2, -0.15) is 0 Å². The number of nitrogens with zero attached hydrogens (tertiary/aromatic N) is 2. The minimum absolute atomic E-state index is 0.204. The summed E-state index contributed by atoms with van der Waals surface area (Å²) in [5, 5.41) is 6.30. The number of carbonyl (C=O) groups excluding carboxylic acids is 2. The van der Waals surface area contributed by atoms with E-state index in [1.807, 2.05) is 0 Å². The number of anilines is 1. The van der Waals surface area contributed by atoms with Crippen LogP contribution in [-0.4, -0.2) is 41.6 Å². The number of rotatable bonds is 3. The number of hydrogen-bond donors (Lipinski definition) is 1. The summed E-state index contributed by atoms with van der Waals surface area (Å²) in [7, 11) is 1.58. The number of carbonyl (C=O) groups is 2. The SMILES string of the molecule is Cc1cc(NC(=O)[C@@H]2OCC(=O)N(C)[C@@H]2c2ccc(F)cc2)no1. The lowest BCUT2D eigenvalue weighted by molar-refractivity contribution is -0.160. The predicted octanol–water partition coefficient (Wildman–Crippen LogP) is 1.66. The van der Waals surface area contributed by atoms with Gasteiger partial charge in [0, 0.05) is 13.1 Å². The molecule has 24 heavy (non-hydrogen) atoms. The van der Waals surface area contributed by atoms with E-state index in [-0.39, 0.29) is 18.3 Å². The fraction of sp³-hybridized carbons (Fsp3) is 0.312. The van der Waals surface area contributed by atoms with Gasteiger partial charge < -0.3 is 19.5 Å². The minimum Gasteiger partial charge on any atom is -0.360 e. The van der Waals surface area contributed by atoms with Crippen molar-refractivity contribution in [3.63, 3.8) is 0 Å². The van der Waals surface area contributed by atoms with Crippen molar-refractivity contribution in [1.82, 2.24) is 10.1 Å². The highest BCUT2D eigenvalue weighted by Crippen LogP contribution is 2.30. The summed E-state index contributed by atoms with van der Waals surface area (Å²) in [5.74, 6) is -0.304. The third-order valence-corrected chi connectivity index (χ3v) is 3.83. The molecule has 0 bridgehead atoms. The van der Waals surface area contributed by atoms with E-state index >= 15 is 0 Å². The molecule has 1 aromatic carbocycles. The summed E-state index contributed by atoms with van der Waals surface area (Å²) in [4.78, 5) is 25.9. The Hall–Kier alpha value is -2.74. The Kier molecular flexibility index (Phi) is 4.30. The zero-order valence-corrected chi connectivity index (χ0v) is 13.2. The van der Waals surface area contributed by atoms with Crippen LogP contribution in [0.5, 0.6) is 0 Å². The summed E-state index contributed by atoms with van der Waals surface area (Å²) in [6.45, 7) is 1.50. The number of morpholine rings is 1. The van der Waals surface area contributed by atoms with Crippen molar-refractivity contribution in [1.29, 1.82) is 0 Å². The van der Waals surface area contributed by atoms with Crippen LogP contribution in [0, 0.1) is 12.7 Å². The molecule has 0 spiro atoms. The maximum atomic E-state index is 13.2. The van der Waals surface area contributed by atoms with Crippen molar-refractivity contribution < 1.29 is 23.2 Å². The van der Waals surface area contributed by atoms with E-state index in [2.05, 4.69) is 10.5 Å². The van der Waals surface area contributed by atoms with E-state index in [0.717, 1.165) is 0 Å². The smallest absolute Gasteiger partial charge is 0.257 e. The number of aromatic nitrogens is 1. The lowest BCUT2D eigenvalue weighted by atomic mass is 9.97. The van der Waals surface area contributed by atoms with E-state index in [1.165, 1.54) is 29.2 Å². The quantitative estimate of drug-likeness (QED) is 0.923. The van der Waals surface area contributed by atoms with Gasteiger partial charge in [0.25, 0.3) is 5.91 Å². The fourth-order valence-electron chi connectivity index (χ4n) is 2.61. The molecule has 0 aliphatic carbocycles. The van der Waals surface area contributed by atoms with E-state index < -0.39 is 23.9 Å². The Morgan fingerprint density at radius 2 is 2.08 bits per heavy atom. The van der Waals surface area contributed by atoms with Gasteiger partial charge in [-0.1, -0.05) is 17.3 Å². The van der Waals surface area contributed by atoms with Gasteiger partial charge in [0.15, 0.2) is 11.9 Å². The molecular weight excluding hydrogens is 317 g/mol. The van der Waals surface area contributed by atoms with Crippen LogP contribution in [0.3, 0.4) is 0 Å². The lowest BCUT2D eigenvalue weighted by Gasteiger charge is -2.38. The van der Waals surface area contributed by atoms with E-state index in [1.54, 1.807) is 20.0 Å². The van der Waals surface area contributed by atoms with Gasteiger partial charge in [-0.25, -0.2) is 4.39 Å². The molecule has 1 saturated heterocycles. The minimum atomic E-state index is -0.949. The zero-order chi connectivity index (χ0) is 17.3. The molecule has 1 N–H and O–H groups in total. The number of amides is 2. The monoisotopic (exact) mass is 333 g/mol. The van der Waals surface area contributed by atoms with Crippen molar-refractivity contribution in [2.24, 2.45) is 0 Å². The van der Waals surface area contributed by atoms with Crippen LogP contribution in [0.2, 0.25) is 0 Å². The maximum Gasteiger partial charge on any atom is 0.257 e. The van der Waals surface area contributed by atoms with Crippen LogP contribution < -0.4 is 5.32 Å². The van der Waals surface area contributed by atoms with E-state index in [4.69, 9.17) is 9.26 Å². The third-order valence-electron chi connectivity index (χ3n) is 3.83. The third kappa shape index (κ3) is 3.13. The molecule has 1 aliphatic rings. The first kappa shape index (κ1) is 16.1. The number of benzene rings is 1. The molecule has 2 amide bonds. The van der Waals surface area contributed by atoms with Crippen LogP contribution in [0.1, 0.15) is 17.4 Å². The molecule has 0 unspecified atom stereocenters. The Morgan fingerprint density at radius 3 is 2.71 bits per heavy atom. The highest BCUT2D eigenvalue weighted by atomic mass is 19.1. The molecule has 1 fully saturated rings. The summed E-state index contributed by atoms with van der Waals surface area (Å²) in [6, 6.07) is 6.51. The van der Waals surface area contributed by atoms with Crippen LogP contribution in [0.25, 0.3) is 0 Å². The first-order valence-electron chi connectivity index (χ1n) is 7.32. The fourth-order valence-corrected chi connectivity index (χ4v) is 2.61. The summed E-state index contributed by atoms with van der Waals surface area (Å²) < 4.78 is 23.5. The molecule has 3 rings (SSSR count). The number of nitrogens with one attached hydrogen (secondary N) is 1. The number of hydrogen-bond acceptors (Lipinski definition) is 5. The number of halogens is 1. The molecule has 2 heterocycles. The van der Waals surface area contributed by atoms with Crippen molar-refractivity contribution in [3.8, 4) is 0 Å². The number of aryl methyl sites for hydroxylation is 1. The average molecular weight is 333 g/mol. The number of ether oxygens (including phenoxy) is 1. The standard InChI is InChI=1S/C16H16FN3O4/c1-9-7-12(19-24-9)18-16(22)15-14(20(2)13(21)8-23-15)10-3-5-11(17)6-4-10/h3-7,14-15H,8H2,1-2H3,(H,18,19,22)/t14-,15-/m1/s1.